The molecule has 0 spiro atoms. The summed E-state index contributed by atoms with van der Waals surface area (Å²) in [7, 11) is -3.68. The topological polar surface area (TPSA) is 111 Å². The van der Waals surface area contributed by atoms with Gasteiger partial charge in [0.05, 0.1) is 4.90 Å². The van der Waals surface area contributed by atoms with E-state index < -0.39 is 15.9 Å². The quantitative estimate of drug-likeness (QED) is 0.417. The second kappa shape index (κ2) is 7.12. The molecule has 8 heteroatoms. The number of sulfonamides is 1. The molecule has 0 saturated carbocycles. The highest BCUT2D eigenvalue weighted by Gasteiger charge is 2.14. The molecular formula is C15H17N3O4S. The van der Waals surface area contributed by atoms with Crippen molar-refractivity contribution in [1.82, 2.24) is 5.43 Å². The first-order valence-electron chi connectivity index (χ1n) is 6.72. The first-order valence-corrected chi connectivity index (χ1v) is 8.21. The zero-order chi connectivity index (χ0) is 16.9. The Hall–Kier alpha value is -2.58. The number of ether oxygens (including phenoxy) is 1. The molecule has 0 aliphatic carbocycles. The third-order valence-electron chi connectivity index (χ3n) is 2.97. The Morgan fingerprint density at radius 2 is 1.70 bits per heavy atom. The number of carbonyl (C=O) groups excluding carboxylic acids is 1. The van der Waals surface area contributed by atoms with Gasteiger partial charge >= 0.3 is 0 Å². The molecule has 0 heterocycles. The van der Waals surface area contributed by atoms with Crippen LogP contribution in [0.2, 0.25) is 0 Å². The fourth-order valence-electron chi connectivity index (χ4n) is 1.74. The SMILES string of the molecule is Cc1ccc(NS(=O)(=O)c2ccc(OCC(=O)NN)cc2)cc1. The minimum absolute atomic E-state index is 0.0914. The third kappa shape index (κ3) is 4.70. The minimum Gasteiger partial charge on any atom is -0.484 e. The van der Waals surface area contributed by atoms with Crippen molar-refractivity contribution in [3.63, 3.8) is 0 Å². The molecule has 0 aliphatic heterocycles. The summed E-state index contributed by atoms with van der Waals surface area (Å²) in [4.78, 5) is 11.1. The number of carbonyl (C=O) groups is 1. The molecule has 122 valence electrons. The Bertz CT molecular complexity index is 771. The van der Waals surface area contributed by atoms with E-state index >= 15 is 0 Å². The summed E-state index contributed by atoms with van der Waals surface area (Å²) in [5, 5.41) is 0. The Labute approximate surface area is 134 Å². The smallest absolute Gasteiger partial charge is 0.271 e. The highest BCUT2D eigenvalue weighted by atomic mass is 32.2. The van der Waals surface area contributed by atoms with Gasteiger partial charge in [-0.05, 0) is 43.3 Å². The molecule has 0 radical (unpaired) electrons. The molecule has 7 nitrogen and oxygen atoms in total. The lowest BCUT2D eigenvalue weighted by molar-refractivity contribution is -0.123. The highest BCUT2D eigenvalue weighted by Crippen LogP contribution is 2.19. The van der Waals surface area contributed by atoms with Crippen LogP contribution in [0.3, 0.4) is 0 Å². The van der Waals surface area contributed by atoms with Gasteiger partial charge in [-0.3, -0.25) is 14.9 Å². The zero-order valence-electron chi connectivity index (χ0n) is 12.4. The van der Waals surface area contributed by atoms with Gasteiger partial charge in [0.2, 0.25) is 0 Å². The number of hydrogen-bond acceptors (Lipinski definition) is 5. The summed E-state index contributed by atoms with van der Waals surface area (Å²) in [5.74, 6) is 4.81. The molecule has 4 N–H and O–H groups in total. The van der Waals surface area contributed by atoms with E-state index in [4.69, 9.17) is 10.6 Å². The van der Waals surface area contributed by atoms with Crippen molar-refractivity contribution in [2.24, 2.45) is 5.84 Å². The highest BCUT2D eigenvalue weighted by molar-refractivity contribution is 7.92. The number of anilines is 1. The molecule has 1 amide bonds. The molecule has 0 fully saturated rings. The van der Waals surface area contributed by atoms with Gasteiger partial charge < -0.3 is 4.74 Å². The molecule has 0 unspecified atom stereocenters. The summed E-state index contributed by atoms with van der Waals surface area (Å²) in [6.45, 7) is 1.67. The summed E-state index contributed by atoms with van der Waals surface area (Å²) in [6.07, 6.45) is 0. The number of rotatable bonds is 6. The third-order valence-corrected chi connectivity index (χ3v) is 4.37. The van der Waals surface area contributed by atoms with Gasteiger partial charge in [-0.1, -0.05) is 17.7 Å². The number of aryl methyl sites for hydroxylation is 1. The predicted octanol–water partition coefficient (Wildman–Crippen LogP) is 1.16. The molecule has 0 aromatic heterocycles. The van der Waals surface area contributed by atoms with E-state index in [1.807, 2.05) is 24.5 Å². The van der Waals surface area contributed by atoms with E-state index in [1.54, 1.807) is 12.1 Å². The van der Waals surface area contributed by atoms with Crippen LogP contribution in [0.5, 0.6) is 5.75 Å². The maximum absolute atomic E-state index is 12.3. The molecule has 0 saturated heterocycles. The maximum atomic E-state index is 12.3. The Morgan fingerprint density at radius 3 is 2.26 bits per heavy atom. The first kappa shape index (κ1) is 16.8. The number of nitrogens with one attached hydrogen (secondary N) is 2. The number of nitrogens with two attached hydrogens (primary N) is 1. The Morgan fingerprint density at radius 1 is 1.09 bits per heavy atom. The monoisotopic (exact) mass is 335 g/mol. The molecule has 0 aliphatic rings. The fraction of sp³-hybridized carbons (Fsp3) is 0.133. The zero-order valence-corrected chi connectivity index (χ0v) is 13.3. The van der Waals surface area contributed by atoms with E-state index in [0.717, 1.165) is 5.56 Å². The first-order chi connectivity index (χ1) is 10.9. The minimum atomic E-state index is -3.68. The fourth-order valence-corrected chi connectivity index (χ4v) is 2.80. The maximum Gasteiger partial charge on any atom is 0.271 e. The molecule has 2 aromatic carbocycles. The summed E-state index contributed by atoms with van der Waals surface area (Å²) in [6, 6.07) is 12.7. The average Bonchev–Trinajstić information content (AvgIpc) is 2.55. The van der Waals surface area contributed by atoms with Gasteiger partial charge in [-0.2, -0.15) is 0 Å². The standard InChI is InChI=1S/C15H17N3O4S/c1-11-2-4-12(5-3-11)18-23(20,21)14-8-6-13(7-9-14)22-10-15(19)17-16/h2-9,18H,10,16H2,1H3,(H,17,19). The van der Waals surface area contributed by atoms with Crippen molar-refractivity contribution in [3.8, 4) is 5.75 Å². The largest absolute Gasteiger partial charge is 0.484 e. The second-order valence-corrected chi connectivity index (χ2v) is 6.48. The molecular weight excluding hydrogens is 318 g/mol. The van der Waals surface area contributed by atoms with Crippen LogP contribution in [0.25, 0.3) is 0 Å². The lowest BCUT2D eigenvalue weighted by atomic mass is 10.2. The van der Waals surface area contributed by atoms with Crippen LogP contribution in [-0.4, -0.2) is 20.9 Å². The summed E-state index contributed by atoms with van der Waals surface area (Å²) >= 11 is 0. The van der Waals surface area contributed by atoms with Gasteiger partial charge in [0.15, 0.2) is 6.61 Å². The van der Waals surface area contributed by atoms with Gasteiger partial charge in [0.1, 0.15) is 5.75 Å². The number of hydrazine groups is 1. The summed E-state index contributed by atoms with van der Waals surface area (Å²) < 4.78 is 32.2. The van der Waals surface area contributed by atoms with Crippen molar-refractivity contribution in [1.29, 1.82) is 0 Å². The van der Waals surface area contributed by atoms with Crippen LogP contribution < -0.4 is 20.7 Å². The van der Waals surface area contributed by atoms with Gasteiger partial charge in [-0.15, -0.1) is 0 Å². The van der Waals surface area contributed by atoms with Crippen molar-refractivity contribution >= 4 is 21.6 Å². The van der Waals surface area contributed by atoms with Gasteiger partial charge in [0, 0.05) is 5.69 Å². The molecule has 23 heavy (non-hydrogen) atoms. The van der Waals surface area contributed by atoms with Crippen LogP contribution in [0.4, 0.5) is 5.69 Å². The van der Waals surface area contributed by atoms with Crippen LogP contribution in [0.1, 0.15) is 5.56 Å². The normalized spacial score (nSPS) is 10.9. The van der Waals surface area contributed by atoms with Crippen LogP contribution in [0.15, 0.2) is 53.4 Å². The molecule has 0 atom stereocenters. The molecule has 2 aromatic rings. The van der Waals surface area contributed by atoms with Crippen molar-refractivity contribution in [2.75, 3.05) is 11.3 Å². The van der Waals surface area contributed by atoms with Crippen molar-refractivity contribution < 1.29 is 17.9 Å². The van der Waals surface area contributed by atoms with E-state index in [9.17, 15) is 13.2 Å². The Kier molecular flexibility index (Phi) is 5.20. The predicted molar refractivity (Wildman–Crippen MR) is 86.3 cm³/mol. The van der Waals surface area contributed by atoms with Crippen LogP contribution >= 0.6 is 0 Å². The van der Waals surface area contributed by atoms with E-state index in [2.05, 4.69) is 4.72 Å². The lowest BCUT2D eigenvalue weighted by Gasteiger charge is -2.09. The van der Waals surface area contributed by atoms with Crippen molar-refractivity contribution in [2.45, 2.75) is 11.8 Å². The number of hydrogen-bond donors (Lipinski definition) is 3. The molecule has 2 rings (SSSR count). The molecule has 0 bridgehead atoms. The van der Waals surface area contributed by atoms with Gasteiger partial charge in [-0.25, -0.2) is 14.3 Å². The van der Waals surface area contributed by atoms with Crippen molar-refractivity contribution in [3.05, 3.63) is 54.1 Å². The van der Waals surface area contributed by atoms with Crippen LogP contribution in [-0.2, 0) is 14.8 Å². The van der Waals surface area contributed by atoms with Gasteiger partial charge in [0.25, 0.3) is 15.9 Å². The lowest BCUT2D eigenvalue weighted by Crippen LogP contribution is -2.34. The van der Waals surface area contributed by atoms with E-state index in [0.29, 0.717) is 11.4 Å². The van der Waals surface area contributed by atoms with E-state index in [1.165, 1.54) is 24.3 Å². The number of benzene rings is 2. The average molecular weight is 335 g/mol. The Balaban J connectivity index is 2.08. The van der Waals surface area contributed by atoms with E-state index in [-0.39, 0.29) is 11.5 Å². The summed E-state index contributed by atoms with van der Waals surface area (Å²) in [5.41, 5.74) is 3.45. The number of amides is 1. The van der Waals surface area contributed by atoms with Crippen LogP contribution in [0, 0.1) is 6.92 Å². The second-order valence-electron chi connectivity index (χ2n) is 4.80.